The first-order chi connectivity index (χ1) is 7.36. The van der Waals surface area contributed by atoms with Crippen molar-refractivity contribution < 1.29 is 4.79 Å². The van der Waals surface area contributed by atoms with Crippen LogP contribution in [0, 0.1) is 0 Å². The minimum absolute atomic E-state index is 0.325. The summed E-state index contributed by atoms with van der Waals surface area (Å²) >= 11 is 2.02. The summed E-state index contributed by atoms with van der Waals surface area (Å²) in [6, 6.07) is 9.67. The van der Waals surface area contributed by atoms with E-state index in [0.717, 1.165) is 11.3 Å². The Kier molecular flexibility index (Phi) is 4.15. The smallest absolute Gasteiger partial charge is 0.211 e. The number of hydrogen-bond donors (Lipinski definition) is 0. The Morgan fingerprint density at radius 2 is 1.87 bits per heavy atom. The topological polar surface area (TPSA) is 17.1 Å². The van der Waals surface area contributed by atoms with E-state index in [-0.39, 0.29) is 0 Å². The molecule has 3 heteroatoms. The molecule has 80 valence electrons. The average Bonchev–Trinajstić information content (AvgIpc) is 2.31. The Labute approximate surface area is 98.0 Å². The van der Waals surface area contributed by atoms with Crippen molar-refractivity contribution >= 4 is 28.4 Å². The molecule has 1 aliphatic rings. The van der Waals surface area contributed by atoms with Gasteiger partial charge in [-0.3, -0.25) is 4.79 Å². The summed E-state index contributed by atoms with van der Waals surface area (Å²) in [7, 11) is 0.354. The van der Waals surface area contributed by atoms with E-state index in [9.17, 15) is 4.79 Å². The molecule has 0 radical (unpaired) electrons. The molecule has 1 nitrogen and oxygen atoms in total. The highest BCUT2D eigenvalue weighted by Gasteiger charge is 2.25. The van der Waals surface area contributed by atoms with Crippen LogP contribution in [0.25, 0.3) is 0 Å². The molecule has 1 aromatic rings. The molecule has 0 N–H and O–H groups in total. The number of rotatable bonds is 3. The zero-order valence-electron chi connectivity index (χ0n) is 8.65. The van der Waals surface area contributed by atoms with E-state index in [1.807, 2.05) is 42.1 Å². The third-order valence-electron chi connectivity index (χ3n) is 2.46. The highest BCUT2D eigenvalue weighted by molar-refractivity contribution is 8.05. The number of carbonyl (C=O) groups is 1. The average molecular weight is 239 g/mol. The lowest BCUT2D eigenvalue weighted by Crippen LogP contribution is -2.28. The fraction of sp³-hybridized carbons (Fsp3) is 0.417. The predicted octanol–water partition coefficient (Wildman–Crippen LogP) is 2.23. The number of thioether (sulfide) groups is 1. The van der Waals surface area contributed by atoms with Gasteiger partial charge in [0.15, 0.2) is 5.75 Å². The summed E-state index contributed by atoms with van der Waals surface area (Å²) in [5.41, 5.74) is 0.878. The molecule has 0 bridgehead atoms. The van der Waals surface area contributed by atoms with Crippen LogP contribution in [0.1, 0.15) is 10.4 Å². The van der Waals surface area contributed by atoms with E-state index in [4.69, 9.17) is 0 Å². The molecule has 0 aliphatic carbocycles. The Balaban J connectivity index is 1.91. The van der Waals surface area contributed by atoms with Crippen LogP contribution >= 0.6 is 11.8 Å². The quantitative estimate of drug-likeness (QED) is 0.594. The molecular weight excluding hydrogens is 224 g/mol. The maximum absolute atomic E-state index is 11.9. The van der Waals surface area contributed by atoms with Crippen molar-refractivity contribution in [2.24, 2.45) is 0 Å². The Morgan fingerprint density at radius 3 is 2.53 bits per heavy atom. The van der Waals surface area contributed by atoms with Crippen LogP contribution in [0.4, 0.5) is 0 Å². The van der Waals surface area contributed by atoms with E-state index < -0.39 is 0 Å². The molecule has 1 aliphatic heterocycles. The fourth-order valence-electron chi connectivity index (χ4n) is 1.59. The van der Waals surface area contributed by atoms with Crippen LogP contribution < -0.4 is 0 Å². The van der Waals surface area contributed by atoms with Gasteiger partial charge in [0.1, 0.15) is 11.5 Å². The van der Waals surface area contributed by atoms with Crippen molar-refractivity contribution in [3.05, 3.63) is 35.9 Å². The lowest BCUT2D eigenvalue weighted by atomic mass is 10.2. The SMILES string of the molecule is O=C(C[S+]1CCSCC1)c1ccccc1. The van der Waals surface area contributed by atoms with Gasteiger partial charge in [0, 0.05) is 17.1 Å². The van der Waals surface area contributed by atoms with Crippen molar-refractivity contribution in [2.75, 3.05) is 28.8 Å². The lowest BCUT2D eigenvalue weighted by molar-refractivity contribution is 0.102. The fourth-order valence-corrected chi connectivity index (χ4v) is 5.66. The van der Waals surface area contributed by atoms with Crippen LogP contribution in [-0.4, -0.2) is 34.5 Å². The number of hydrogen-bond acceptors (Lipinski definition) is 2. The molecule has 0 atom stereocenters. The maximum atomic E-state index is 11.9. The normalized spacial score (nSPS) is 17.6. The summed E-state index contributed by atoms with van der Waals surface area (Å²) < 4.78 is 0. The molecule has 1 aromatic carbocycles. The molecule has 15 heavy (non-hydrogen) atoms. The summed E-state index contributed by atoms with van der Waals surface area (Å²) in [5.74, 6) is 6.05. The van der Waals surface area contributed by atoms with Gasteiger partial charge in [0.05, 0.1) is 0 Å². The number of benzene rings is 1. The molecule has 1 saturated heterocycles. The van der Waals surface area contributed by atoms with Crippen LogP contribution in [0.3, 0.4) is 0 Å². The van der Waals surface area contributed by atoms with Crippen LogP contribution in [-0.2, 0) is 10.9 Å². The third-order valence-corrected chi connectivity index (χ3v) is 6.20. The highest BCUT2D eigenvalue weighted by Crippen LogP contribution is 2.15. The molecule has 0 aromatic heterocycles. The third kappa shape index (κ3) is 3.28. The molecule has 0 unspecified atom stereocenters. The van der Waals surface area contributed by atoms with E-state index in [1.165, 1.54) is 23.0 Å². The summed E-state index contributed by atoms with van der Waals surface area (Å²) in [6.45, 7) is 0. The monoisotopic (exact) mass is 239 g/mol. The molecule has 1 heterocycles. The summed E-state index contributed by atoms with van der Waals surface area (Å²) in [4.78, 5) is 11.9. The van der Waals surface area contributed by atoms with Gasteiger partial charge in [0.25, 0.3) is 0 Å². The second-order valence-corrected chi connectivity index (χ2v) is 7.12. The molecule has 1 fully saturated rings. The molecule has 0 amide bonds. The zero-order chi connectivity index (χ0) is 10.5. The lowest BCUT2D eigenvalue weighted by Gasteiger charge is -2.12. The van der Waals surface area contributed by atoms with Crippen molar-refractivity contribution in [3.8, 4) is 0 Å². The van der Waals surface area contributed by atoms with Gasteiger partial charge in [-0.25, -0.2) is 0 Å². The predicted molar refractivity (Wildman–Crippen MR) is 70.1 cm³/mol. The van der Waals surface area contributed by atoms with Crippen LogP contribution in [0.15, 0.2) is 30.3 Å². The van der Waals surface area contributed by atoms with Crippen molar-refractivity contribution in [3.63, 3.8) is 0 Å². The van der Waals surface area contributed by atoms with Gasteiger partial charge in [-0.1, -0.05) is 30.3 Å². The zero-order valence-corrected chi connectivity index (χ0v) is 10.3. The summed E-state index contributed by atoms with van der Waals surface area (Å²) in [5, 5.41) is 0. The van der Waals surface area contributed by atoms with Crippen molar-refractivity contribution in [1.82, 2.24) is 0 Å². The maximum Gasteiger partial charge on any atom is 0.211 e. The van der Waals surface area contributed by atoms with E-state index in [1.54, 1.807) is 0 Å². The number of Topliss-reactive ketones (excluding diaryl/α,β-unsaturated/α-hetero) is 1. The van der Waals surface area contributed by atoms with E-state index >= 15 is 0 Å². The van der Waals surface area contributed by atoms with Gasteiger partial charge in [-0.15, -0.1) is 0 Å². The molecule has 0 spiro atoms. The standard InChI is InChI=1S/C12H15OS2/c13-12(11-4-2-1-3-5-11)10-15-8-6-14-7-9-15/h1-5H,6-10H2/q+1. The molecular formula is C12H15OS2+. The van der Waals surface area contributed by atoms with Crippen molar-refractivity contribution in [1.29, 1.82) is 0 Å². The van der Waals surface area contributed by atoms with Crippen LogP contribution in [0.5, 0.6) is 0 Å². The number of ketones is 1. The van der Waals surface area contributed by atoms with Gasteiger partial charge in [-0.2, -0.15) is 11.8 Å². The Morgan fingerprint density at radius 1 is 1.20 bits per heavy atom. The van der Waals surface area contributed by atoms with Gasteiger partial charge in [0.2, 0.25) is 5.78 Å². The van der Waals surface area contributed by atoms with Crippen molar-refractivity contribution in [2.45, 2.75) is 0 Å². The minimum Gasteiger partial charge on any atom is -0.289 e. The highest BCUT2D eigenvalue weighted by atomic mass is 32.2. The second-order valence-electron chi connectivity index (χ2n) is 3.57. The Bertz CT molecular complexity index is 318. The first-order valence-corrected chi connectivity index (χ1v) is 8.05. The molecule has 0 saturated carbocycles. The largest absolute Gasteiger partial charge is 0.289 e. The van der Waals surface area contributed by atoms with E-state index in [2.05, 4.69) is 0 Å². The minimum atomic E-state index is 0.325. The molecule has 2 rings (SSSR count). The number of carbonyl (C=O) groups excluding carboxylic acids is 1. The summed E-state index contributed by atoms with van der Waals surface area (Å²) in [6.07, 6.45) is 0. The van der Waals surface area contributed by atoms with Crippen LogP contribution in [0.2, 0.25) is 0 Å². The second kappa shape index (κ2) is 5.61. The first-order valence-electron chi connectivity index (χ1n) is 5.16. The van der Waals surface area contributed by atoms with E-state index in [0.29, 0.717) is 16.7 Å². The van der Waals surface area contributed by atoms with Gasteiger partial charge in [-0.05, 0) is 10.9 Å². The Hall–Kier alpha value is -0.410. The van der Waals surface area contributed by atoms with Gasteiger partial charge < -0.3 is 0 Å². The van der Waals surface area contributed by atoms with Gasteiger partial charge >= 0.3 is 0 Å². The first kappa shape index (κ1) is 11.1.